The number of amides is 1. The second kappa shape index (κ2) is 5.71. The van der Waals surface area contributed by atoms with Gasteiger partial charge in [-0.25, -0.2) is 4.79 Å². The van der Waals surface area contributed by atoms with Crippen LogP contribution in [0.3, 0.4) is 0 Å². The SMILES string of the molecule is CCC(CN)CC(=O)Nc1ccc2oc(=O)[nH]c2c1. The summed E-state index contributed by atoms with van der Waals surface area (Å²) in [6.45, 7) is 2.51. The standard InChI is InChI=1S/C13H17N3O3/c1-2-8(7-14)5-12(17)15-9-3-4-11-10(6-9)16-13(18)19-11/h3-4,6,8H,2,5,7,14H2,1H3,(H,15,17)(H,16,18). The molecule has 0 saturated carbocycles. The number of nitrogens with two attached hydrogens (primary N) is 1. The van der Waals surface area contributed by atoms with Gasteiger partial charge in [0.15, 0.2) is 5.58 Å². The third kappa shape index (κ3) is 3.23. The van der Waals surface area contributed by atoms with Crippen molar-refractivity contribution in [2.24, 2.45) is 11.7 Å². The van der Waals surface area contributed by atoms with Crippen molar-refractivity contribution in [2.45, 2.75) is 19.8 Å². The lowest BCUT2D eigenvalue weighted by Gasteiger charge is -2.11. The smallest absolute Gasteiger partial charge is 0.408 e. The third-order valence-corrected chi connectivity index (χ3v) is 3.09. The lowest BCUT2D eigenvalue weighted by molar-refractivity contribution is -0.117. The maximum absolute atomic E-state index is 11.8. The van der Waals surface area contributed by atoms with Crippen molar-refractivity contribution < 1.29 is 9.21 Å². The Hall–Kier alpha value is -2.08. The molecule has 1 unspecified atom stereocenters. The number of anilines is 1. The van der Waals surface area contributed by atoms with Crippen LogP contribution in [0, 0.1) is 5.92 Å². The molecule has 0 radical (unpaired) electrons. The molecule has 0 saturated heterocycles. The Kier molecular flexibility index (Phi) is 4.01. The van der Waals surface area contributed by atoms with E-state index in [2.05, 4.69) is 10.3 Å². The van der Waals surface area contributed by atoms with E-state index in [0.29, 0.717) is 29.8 Å². The molecule has 1 amide bonds. The summed E-state index contributed by atoms with van der Waals surface area (Å²) in [5, 5.41) is 2.78. The molecule has 0 spiro atoms. The molecule has 6 heteroatoms. The fraction of sp³-hybridized carbons (Fsp3) is 0.385. The Labute approximate surface area is 110 Å². The summed E-state index contributed by atoms with van der Waals surface area (Å²) in [5.74, 6) is -0.396. The molecule has 1 heterocycles. The molecule has 102 valence electrons. The molecule has 19 heavy (non-hydrogen) atoms. The van der Waals surface area contributed by atoms with E-state index in [-0.39, 0.29) is 11.8 Å². The number of hydrogen-bond acceptors (Lipinski definition) is 4. The largest absolute Gasteiger partial charge is 0.417 e. The predicted molar refractivity (Wildman–Crippen MR) is 72.9 cm³/mol. The Balaban J connectivity index is 2.08. The zero-order chi connectivity index (χ0) is 13.8. The summed E-state index contributed by atoms with van der Waals surface area (Å²) in [7, 11) is 0. The van der Waals surface area contributed by atoms with E-state index < -0.39 is 5.76 Å². The lowest BCUT2D eigenvalue weighted by Crippen LogP contribution is -2.21. The fourth-order valence-electron chi connectivity index (χ4n) is 1.90. The third-order valence-electron chi connectivity index (χ3n) is 3.09. The highest BCUT2D eigenvalue weighted by molar-refractivity contribution is 5.92. The lowest BCUT2D eigenvalue weighted by atomic mass is 10.0. The van der Waals surface area contributed by atoms with Gasteiger partial charge in [-0.2, -0.15) is 0 Å². The molecule has 1 aromatic carbocycles. The van der Waals surface area contributed by atoms with Gasteiger partial charge in [0.2, 0.25) is 5.91 Å². The minimum absolute atomic E-state index is 0.0810. The van der Waals surface area contributed by atoms with E-state index in [1.165, 1.54) is 0 Å². The summed E-state index contributed by atoms with van der Waals surface area (Å²) in [6, 6.07) is 5.00. The average molecular weight is 263 g/mol. The summed E-state index contributed by atoms with van der Waals surface area (Å²) in [4.78, 5) is 25.4. The summed E-state index contributed by atoms with van der Waals surface area (Å²) < 4.78 is 4.89. The van der Waals surface area contributed by atoms with E-state index in [4.69, 9.17) is 10.2 Å². The fourth-order valence-corrected chi connectivity index (χ4v) is 1.90. The maximum atomic E-state index is 11.8. The van der Waals surface area contributed by atoms with Crippen LogP contribution in [-0.4, -0.2) is 17.4 Å². The van der Waals surface area contributed by atoms with E-state index in [0.717, 1.165) is 6.42 Å². The van der Waals surface area contributed by atoms with Gasteiger partial charge in [-0.3, -0.25) is 9.78 Å². The van der Waals surface area contributed by atoms with Crippen molar-refractivity contribution in [3.05, 3.63) is 28.7 Å². The van der Waals surface area contributed by atoms with Crippen molar-refractivity contribution in [3.8, 4) is 0 Å². The Morgan fingerprint density at radius 2 is 2.32 bits per heavy atom. The van der Waals surface area contributed by atoms with Gasteiger partial charge >= 0.3 is 5.76 Å². The van der Waals surface area contributed by atoms with Gasteiger partial charge in [0.25, 0.3) is 0 Å². The second-order valence-corrected chi connectivity index (χ2v) is 4.49. The van der Waals surface area contributed by atoms with Crippen LogP contribution in [0.25, 0.3) is 11.1 Å². The number of aromatic nitrogens is 1. The number of fused-ring (bicyclic) bond motifs is 1. The zero-order valence-electron chi connectivity index (χ0n) is 10.7. The van der Waals surface area contributed by atoms with Gasteiger partial charge < -0.3 is 15.5 Å². The number of carbonyl (C=O) groups is 1. The predicted octanol–water partition coefficient (Wildman–Crippen LogP) is 1.43. The molecule has 0 aliphatic heterocycles. The molecule has 0 aliphatic carbocycles. The highest BCUT2D eigenvalue weighted by Crippen LogP contribution is 2.17. The molecule has 0 fully saturated rings. The van der Waals surface area contributed by atoms with Crippen molar-refractivity contribution >= 4 is 22.7 Å². The van der Waals surface area contributed by atoms with Crippen LogP contribution in [0.15, 0.2) is 27.4 Å². The van der Waals surface area contributed by atoms with Crippen molar-refractivity contribution in [2.75, 3.05) is 11.9 Å². The number of hydrogen-bond donors (Lipinski definition) is 3. The Bertz CT molecular complexity index is 625. The van der Waals surface area contributed by atoms with E-state index in [9.17, 15) is 9.59 Å². The number of nitrogens with one attached hydrogen (secondary N) is 2. The minimum atomic E-state index is -0.507. The number of oxazole rings is 1. The van der Waals surface area contributed by atoms with Crippen LogP contribution < -0.4 is 16.8 Å². The van der Waals surface area contributed by atoms with E-state index in [1.807, 2.05) is 6.92 Å². The van der Waals surface area contributed by atoms with Gasteiger partial charge in [-0.1, -0.05) is 13.3 Å². The first-order valence-electron chi connectivity index (χ1n) is 6.25. The van der Waals surface area contributed by atoms with Gasteiger partial charge in [0.1, 0.15) is 0 Å². The van der Waals surface area contributed by atoms with Crippen LogP contribution in [0.5, 0.6) is 0 Å². The number of aromatic amines is 1. The normalized spacial score (nSPS) is 12.5. The highest BCUT2D eigenvalue weighted by Gasteiger charge is 2.11. The minimum Gasteiger partial charge on any atom is -0.408 e. The van der Waals surface area contributed by atoms with Gasteiger partial charge in [-0.15, -0.1) is 0 Å². The molecular weight excluding hydrogens is 246 g/mol. The molecule has 1 aromatic heterocycles. The monoisotopic (exact) mass is 263 g/mol. The van der Waals surface area contributed by atoms with E-state index >= 15 is 0 Å². The maximum Gasteiger partial charge on any atom is 0.417 e. The van der Waals surface area contributed by atoms with Crippen molar-refractivity contribution in [3.63, 3.8) is 0 Å². The first-order valence-corrected chi connectivity index (χ1v) is 6.25. The number of benzene rings is 1. The summed E-state index contributed by atoms with van der Waals surface area (Å²) in [5.41, 5.74) is 7.23. The van der Waals surface area contributed by atoms with Gasteiger partial charge in [0.05, 0.1) is 5.52 Å². The number of rotatable bonds is 5. The molecule has 2 aromatic rings. The van der Waals surface area contributed by atoms with Crippen molar-refractivity contribution in [1.82, 2.24) is 4.98 Å². The van der Waals surface area contributed by atoms with Crippen LogP contribution in [0.2, 0.25) is 0 Å². The molecule has 2 rings (SSSR count). The molecule has 6 nitrogen and oxygen atoms in total. The molecular formula is C13H17N3O3. The highest BCUT2D eigenvalue weighted by atomic mass is 16.4. The number of H-pyrrole nitrogens is 1. The summed E-state index contributed by atoms with van der Waals surface area (Å²) in [6.07, 6.45) is 1.27. The van der Waals surface area contributed by atoms with Crippen LogP contribution in [-0.2, 0) is 4.79 Å². The molecule has 4 N–H and O–H groups in total. The van der Waals surface area contributed by atoms with Crippen LogP contribution in [0.1, 0.15) is 19.8 Å². The average Bonchev–Trinajstić information content (AvgIpc) is 2.75. The first-order chi connectivity index (χ1) is 9.12. The molecule has 0 bridgehead atoms. The Morgan fingerprint density at radius 3 is 3.00 bits per heavy atom. The van der Waals surface area contributed by atoms with Crippen LogP contribution >= 0.6 is 0 Å². The summed E-state index contributed by atoms with van der Waals surface area (Å²) >= 11 is 0. The topological polar surface area (TPSA) is 101 Å². The zero-order valence-corrected chi connectivity index (χ0v) is 10.7. The first kappa shape index (κ1) is 13.4. The number of carbonyl (C=O) groups excluding carboxylic acids is 1. The quantitative estimate of drug-likeness (QED) is 0.759. The Morgan fingerprint density at radius 1 is 1.53 bits per heavy atom. The van der Waals surface area contributed by atoms with Gasteiger partial charge in [0, 0.05) is 12.1 Å². The molecule has 0 aliphatic rings. The van der Waals surface area contributed by atoms with Crippen LogP contribution in [0.4, 0.5) is 5.69 Å². The van der Waals surface area contributed by atoms with Gasteiger partial charge in [-0.05, 0) is 30.7 Å². The van der Waals surface area contributed by atoms with Crippen molar-refractivity contribution in [1.29, 1.82) is 0 Å². The molecule has 1 atom stereocenters. The van der Waals surface area contributed by atoms with E-state index in [1.54, 1.807) is 18.2 Å². The second-order valence-electron chi connectivity index (χ2n) is 4.49.